The lowest BCUT2D eigenvalue weighted by Crippen LogP contribution is -2.33. The summed E-state index contributed by atoms with van der Waals surface area (Å²) in [5.74, 6) is 1.45. The van der Waals surface area contributed by atoms with Gasteiger partial charge in [0.1, 0.15) is 0 Å². The third-order valence-electron chi connectivity index (χ3n) is 3.14. The van der Waals surface area contributed by atoms with E-state index in [1.807, 2.05) is 0 Å². The van der Waals surface area contributed by atoms with Crippen molar-refractivity contribution in [2.45, 2.75) is 57.4 Å². The van der Waals surface area contributed by atoms with E-state index < -0.39 is 0 Å². The second-order valence-electron chi connectivity index (χ2n) is 4.48. The molecular weight excluding hydrogens is 190 g/mol. The molecule has 0 saturated heterocycles. The van der Waals surface area contributed by atoms with E-state index in [0.717, 1.165) is 37.9 Å². The summed E-state index contributed by atoms with van der Waals surface area (Å²) in [5, 5.41) is 3.98. The van der Waals surface area contributed by atoms with Gasteiger partial charge in [0.2, 0.25) is 5.89 Å². The van der Waals surface area contributed by atoms with Gasteiger partial charge in [-0.3, -0.25) is 0 Å². The van der Waals surface area contributed by atoms with E-state index in [2.05, 4.69) is 17.1 Å². The van der Waals surface area contributed by atoms with E-state index in [9.17, 15) is 0 Å². The molecular formula is C11H19N3O. The van der Waals surface area contributed by atoms with Crippen molar-refractivity contribution in [1.29, 1.82) is 0 Å². The fraction of sp³-hybridized carbons (Fsp3) is 0.818. The van der Waals surface area contributed by atoms with Crippen molar-refractivity contribution in [2.75, 3.05) is 0 Å². The lowest BCUT2D eigenvalue weighted by atomic mass is 9.99. The van der Waals surface area contributed by atoms with Crippen LogP contribution < -0.4 is 5.73 Å². The standard InChI is InChI=1S/C11H19N3O/c1-2-3-6-9-13-10(15-14-9)11(12)7-4-5-8-11/h2-8,12H2,1H3. The predicted molar refractivity (Wildman–Crippen MR) is 57.2 cm³/mol. The van der Waals surface area contributed by atoms with Gasteiger partial charge in [0, 0.05) is 6.42 Å². The Morgan fingerprint density at radius 1 is 1.40 bits per heavy atom. The molecule has 1 fully saturated rings. The van der Waals surface area contributed by atoms with Crippen LogP contribution in [0.2, 0.25) is 0 Å². The second kappa shape index (κ2) is 4.31. The number of rotatable bonds is 4. The highest BCUT2D eigenvalue weighted by atomic mass is 16.5. The zero-order valence-electron chi connectivity index (χ0n) is 9.33. The molecule has 1 aliphatic rings. The van der Waals surface area contributed by atoms with Crippen molar-refractivity contribution in [1.82, 2.24) is 10.1 Å². The molecule has 1 saturated carbocycles. The number of aromatic nitrogens is 2. The Hall–Kier alpha value is -0.900. The largest absolute Gasteiger partial charge is 0.337 e. The Labute approximate surface area is 90.2 Å². The number of hydrogen-bond acceptors (Lipinski definition) is 4. The lowest BCUT2D eigenvalue weighted by Gasteiger charge is -2.17. The molecule has 0 amide bonds. The Bertz CT molecular complexity index is 315. The highest BCUT2D eigenvalue weighted by Gasteiger charge is 2.36. The Kier molecular flexibility index (Phi) is 3.05. The van der Waals surface area contributed by atoms with Gasteiger partial charge >= 0.3 is 0 Å². The molecule has 2 N–H and O–H groups in total. The number of hydrogen-bond donors (Lipinski definition) is 1. The Morgan fingerprint density at radius 3 is 2.80 bits per heavy atom. The highest BCUT2D eigenvalue weighted by molar-refractivity contribution is 5.04. The maximum Gasteiger partial charge on any atom is 0.246 e. The smallest absolute Gasteiger partial charge is 0.246 e. The van der Waals surface area contributed by atoms with Gasteiger partial charge in [-0.15, -0.1) is 0 Å². The van der Waals surface area contributed by atoms with Crippen molar-refractivity contribution in [3.63, 3.8) is 0 Å². The molecule has 4 heteroatoms. The van der Waals surface area contributed by atoms with Crippen molar-refractivity contribution in [3.05, 3.63) is 11.7 Å². The van der Waals surface area contributed by atoms with Crippen molar-refractivity contribution in [3.8, 4) is 0 Å². The third kappa shape index (κ3) is 2.20. The average molecular weight is 209 g/mol. The molecule has 15 heavy (non-hydrogen) atoms. The molecule has 1 heterocycles. The van der Waals surface area contributed by atoms with Crippen molar-refractivity contribution >= 4 is 0 Å². The number of nitrogens with zero attached hydrogens (tertiary/aromatic N) is 2. The molecule has 1 aromatic rings. The van der Waals surface area contributed by atoms with Crippen LogP contribution in [0.5, 0.6) is 0 Å². The summed E-state index contributed by atoms with van der Waals surface area (Å²) < 4.78 is 5.26. The zero-order valence-corrected chi connectivity index (χ0v) is 9.33. The van der Waals surface area contributed by atoms with Crippen LogP contribution in [0, 0.1) is 0 Å². The van der Waals surface area contributed by atoms with E-state index in [-0.39, 0.29) is 5.54 Å². The van der Waals surface area contributed by atoms with Gasteiger partial charge in [-0.2, -0.15) is 4.98 Å². The number of aryl methyl sites for hydroxylation is 1. The summed E-state index contributed by atoms with van der Waals surface area (Å²) in [7, 11) is 0. The fourth-order valence-corrected chi connectivity index (χ4v) is 2.11. The average Bonchev–Trinajstić information content (AvgIpc) is 2.84. The van der Waals surface area contributed by atoms with E-state index >= 15 is 0 Å². The van der Waals surface area contributed by atoms with Crippen LogP contribution in [0.25, 0.3) is 0 Å². The van der Waals surface area contributed by atoms with Crippen LogP contribution >= 0.6 is 0 Å². The third-order valence-corrected chi connectivity index (χ3v) is 3.14. The minimum absolute atomic E-state index is 0.336. The first kappa shape index (κ1) is 10.6. The van der Waals surface area contributed by atoms with Crippen LogP contribution in [-0.4, -0.2) is 10.1 Å². The summed E-state index contributed by atoms with van der Waals surface area (Å²) in [4.78, 5) is 4.40. The SMILES string of the molecule is CCCCc1noc(C2(N)CCCC2)n1. The second-order valence-corrected chi connectivity index (χ2v) is 4.48. The summed E-state index contributed by atoms with van der Waals surface area (Å²) in [6.45, 7) is 2.16. The molecule has 0 unspecified atom stereocenters. The minimum atomic E-state index is -0.336. The van der Waals surface area contributed by atoms with E-state index in [0.29, 0.717) is 5.89 Å². The number of nitrogens with two attached hydrogens (primary N) is 1. The normalized spacial score (nSPS) is 19.6. The quantitative estimate of drug-likeness (QED) is 0.825. The van der Waals surface area contributed by atoms with Gasteiger partial charge in [0.25, 0.3) is 0 Å². The zero-order chi connectivity index (χ0) is 10.7. The first-order valence-corrected chi connectivity index (χ1v) is 5.86. The van der Waals surface area contributed by atoms with Crippen molar-refractivity contribution in [2.24, 2.45) is 5.73 Å². The maximum absolute atomic E-state index is 6.23. The molecule has 1 aromatic heterocycles. The van der Waals surface area contributed by atoms with Gasteiger partial charge in [-0.25, -0.2) is 0 Å². The Balaban J connectivity index is 2.05. The molecule has 4 nitrogen and oxygen atoms in total. The molecule has 0 aromatic carbocycles. The molecule has 2 rings (SSSR count). The van der Waals surface area contributed by atoms with Gasteiger partial charge in [0.05, 0.1) is 5.54 Å². The van der Waals surface area contributed by atoms with Gasteiger partial charge in [0.15, 0.2) is 5.82 Å². The van der Waals surface area contributed by atoms with E-state index in [1.165, 1.54) is 12.8 Å². The van der Waals surface area contributed by atoms with Crippen LogP contribution in [0.3, 0.4) is 0 Å². The van der Waals surface area contributed by atoms with Crippen LogP contribution in [0.15, 0.2) is 4.52 Å². The summed E-state index contributed by atoms with van der Waals surface area (Å²) in [5.41, 5.74) is 5.89. The van der Waals surface area contributed by atoms with Gasteiger partial charge in [-0.05, 0) is 19.3 Å². The van der Waals surface area contributed by atoms with Gasteiger partial charge < -0.3 is 10.3 Å². The van der Waals surface area contributed by atoms with E-state index in [1.54, 1.807) is 0 Å². The topological polar surface area (TPSA) is 64.9 Å². The molecule has 0 aliphatic heterocycles. The molecule has 0 bridgehead atoms. The molecule has 1 aliphatic carbocycles. The molecule has 0 atom stereocenters. The lowest BCUT2D eigenvalue weighted by molar-refractivity contribution is 0.283. The summed E-state index contributed by atoms with van der Waals surface area (Å²) >= 11 is 0. The van der Waals surface area contributed by atoms with Crippen LogP contribution in [0.1, 0.15) is 57.2 Å². The highest BCUT2D eigenvalue weighted by Crippen LogP contribution is 2.35. The molecule has 0 spiro atoms. The fourth-order valence-electron chi connectivity index (χ4n) is 2.11. The number of unbranched alkanes of at least 4 members (excludes halogenated alkanes) is 1. The Morgan fingerprint density at radius 2 is 2.13 bits per heavy atom. The summed E-state index contributed by atoms with van der Waals surface area (Å²) in [6, 6.07) is 0. The first-order chi connectivity index (χ1) is 7.24. The molecule has 84 valence electrons. The first-order valence-electron chi connectivity index (χ1n) is 5.86. The maximum atomic E-state index is 6.23. The van der Waals surface area contributed by atoms with Crippen molar-refractivity contribution < 1.29 is 4.52 Å². The van der Waals surface area contributed by atoms with E-state index in [4.69, 9.17) is 10.3 Å². The summed E-state index contributed by atoms with van der Waals surface area (Å²) in [6.07, 6.45) is 7.45. The predicted octanol–water partition coefficient (Wildman–Crippen LogP) is 2.14. The minimum Gasteiger partial charge on any atom is -0.337 e. The monoisotopic (exact) mass is 209 g/mol. The molecule has 0 radical (unpaired) electrons. The van der Waals surface area contributed by atoms with Gasteiger partial charge in [-0.1, -0.05) is 31.3 Å². The van der Waals surface area contributed by atoms with Crippen LogP contribution in [0.4, 0.5) is 0 Å². The van der Waals surface area contributed by atoms with Crippen LogP contribution in [-0.2, 0) is 12.0 Å².